The van der Waals surface area contributed by atoms with Gasteiger partial charge in [-0.05, 0) is 46.9 Å². The number of anilines is 1. The van der Waals surface area contributed by atoms with Gasteiger partial charge in [-0.25, -0.2) is 5.43 Å². The molecule has 3 aromatic rings. The predicted molar refractivity (Wildman–Crippen MR) is 116 cm³/mol. The molecule has 0 radical (unpaired) electrons. The minimum absolute atomic E-state index is 0.0224. The zero-order valence-corrected chi connectivity index (χ0v) is 16.2. The van der Waals surface area contributed by atoms with Crippen molar-refractivity contribution in [1.29, 1.82) is 0 Å². The van der Waals surface area contributed by atoms with E-state index in [-0.39, 0.29) is 24.7 Å². The Morgan fingerprint density at radius 3 is 2.66 bits per heavy atom. The summed E-state index contributed by atoms with van der Waals surface area (Å²) >= 11 is 0. The number of para-hydroxylation sites is 1. The van der Waals surface area contributed by atoms with E-state index in [0.717, 1.165) is 34.9 Å². The number of nitrogens with zero attached hydrogens (tertiary/aromatic N) is 2. The van der Waals surface area contributed by atoms with Gasteiger partial charge in [-0.2, -0.15) is 5.10 Å². The molecule has 4 rings (SSSR count). The Balaban J connectivity index is 1.30. The lowest BCUT2D eigenvalue weighted by Gasteiger charge is -2.29. The number of carbonyl (C=O) groups excluding carboxylic acids is 2. The summed E-state index contributed by atoms with van der Waals surface area (Å²) in [5.74, 6) is -0.286. The number of aryl methyl sites for hydroxylation is 1. The van der Waals surface area contributed by atoms with E-state index in [1.807, 2.05) is 54.6 Å². The van der Waals surface area contributed by atoms with Gasteiger partial charge in [0.05, 0.1) is 6.21 Å². The average Bonchev–Trinajstić information content (AvgIpc) is 2.77. The second kappa shape index (κ2) is 8.69. The Hall–Kier alpha value is -3.47. The number of rotatable bonds is 5. The summed E-state index contributed by atoms with van der Waals surface area (Å²) in [6, 6.07) is 22.0. The number of carbonyl (C=O) groups is 2. The molecule has 5 nitrogen and oxygen atoms in total. The number of amides is 2. The van der Waals surface area contributed by atoms with Crippen molar-refractivity contribution in [3.63, 3.8) is 0 Å². The lowest BCUT2D eigenvalue weighted by Crippen LogP contribution is -2.36. The van der Waals surface area contributed by atoms with E-state index in [2.05, 4.69) is 22.7 Å². The van der Waals surface area contributed by atoms with Gasteiger partial charge in [-0.15, -0.1) is 0 Å². The highest BCUT2D eigenvalue weighted by Crippen LogP contribution is 2.27. The number of hydrazone groups is 1. The maximum absolute atomic E-state index is 12.6. The fourth-order valence-electron chi connectivity index (χ4n) is 3.67. The molecule has 3 aromatic carbocycles. The number of benzene rings is 3. The smallest absolute Gasteiger partial charge is 0.240 e. The Bertz CT molecular complexity index is 1070. The monoisotopic (exact) mass is 385 g/mol. The summed E-state index contributed by atoms with van der Waals surface area (Å²) in [6.45, 7) is 0.706. The predicted octanol–water partition coefficient (Wildman–Crippen LogP) is 4.05. The van der Waals surface area contributed by atoms with Crippen molar-refractivity contribution in [3.05, 3.63) is 77.9 Å². The number of fused-ring (bicyclic) bond motifs is 2. The van der Waals surface area contributed by atoms with Crippen LogP contribution in [0.1, 0.15) is 30.4 Å². The summed E-state index contributed by atoms with van der Waals surface area (Å²) in [4.78, 5) is 26.5. The van der Waals surface area contributed by atoms with Crippen LogP contribution in [0.5, 0.6) is 0 Å². The first-order chi connectivity index (χ1) is 14.2. The zero-order valence-electron chi connectivity index (χ0n) is 16.2. The molecule has 0 atom stereocenters. The minimum Gasteiger partial charge on any atom is -0.312 e. The lowest BCUT2D eigenvalue weighted by atomic mass is 10.0. The Morgan fingerprint density at radius 2 is 1.76 bits per heavy atom. The van der Waals surface area contributed by atoms with Crippen LogP contribution in [0, 0.1) is 0 Å². The Kier molecular flexibility index (Phi) is 5.66. The molecule has 0 saturated heterocycles. The van der Waals surface area contributed by atoms with Gasteiger partial charge in [-0.1, -0.05) is 54.6 Å². The first kappa shape index (κ1) is 18.9. The van der Waals surface area contributed by atoms with Gasteiger partial charge in [0.15, 0.2) is 0 Å². The van der Waals surface area contributed by atoms with Gasteiger partial charge in [0.2, 0.25) is 11.8 Å². The number of nitrogens with one attached hydrogen (secondary N) is 1. The van der Waals surface area contributed by atoms with Gasteiger partial charge < -0.3 is 4.90 Å². The standard InChI is InChI=1S/C24H23N3O2/c28-23(26-25-17-18-11-12-19-6-1-2-8-21(19)16-18)13-14-24(29)27-15-5-9-20-7-3-4-10-22(20)27/h1-4,6-8,10-12,16-17H,5,9,13-15H2,(H,26,28). The highest BCUT2D eigenvalue weighted by atomic mass is 16.2. The summed E-state index contributed by atoms with van der Waals surface area (Å²) in [5, 5.41) is 6.30. The van der Waals surface area contributed by atoms with Crippen LogP contribution < -0.4 is 10.3 Å². The van der Waals surface area contributed by atoms with E-state index in [1.54, 1.807) is 11.1 Å². The van der Waals surface area contributed by atoms with Crippen LogP contribution >= 0.6 is 0 Å². The summed E-state index contributed by atoms with van der Waals surface area (Å²) in [7, 11) is 0. The molecule has 2 amide bonds. The Morgan fingerprint density at radius 1 is 0.966 bits per heavy atom. The second-order valence-corrected chi connectivity index (χ2v) is 7.18. The molecular formula is C24H23N3O2. The van der Waals surface area contributed by atoms with Crippen molar-refractivity contribution in [1.82, 2.24) is 5.43 Å². The molecule has 0 bridgehead atoms. The van der Waals surface area contributed by atoms with E-state index < -0.39 is 0 Å². The van der Waals surface area contributed by atoms with Gasteiger partial charge >= 0.3 is 0 Å². The van der Waals surface area contributed by atoms with Crippen molar-refractivity contribution >= 4 is 34.5 Å². The van der Waals surface area contributed by atoms with Crippen molar-refractivity contribution in [2.24, 2.45) is 5.10 Å². The van der Waals surface area contributed by atoms with Crippen molar-refractivity contribution < 1.29 is 9.59 Å². The third kappa shape index (κ3) is 4.51. The first-order valence-corrected chi connectivity index (χ1v) is 9.90. The van der Waals surface area contributed by atoms with Crippen LogP contribution in [-0.4, -0.2) is 24.6 Å². The van der Waals surface area contributed by atoms with E-state index in [1.165, 1.54) is 5.56 Å². The van der Waals surface area contributed by atoms with Crippen LogP contribution in [0.25, 0.3) is 10.8 Å². The van der Waals surface area contributed by atoms with Crippen molar-refractivity contribution in [2.75, 3.05) is 11.4 Å². The molecule has 0 aromatic heterocycles. The van der Waals surface area contributed by atoms with Gasteiger partial charge in [0.25, 0.3) is 0 Å². The molecule has 0 unspecified atom stereocenters. The number of hydrogen-bond donors (Lipinski definition) is 1. The molecule has 0 aliphatic carbocycles. The van der Waals surface area contributed by atoms with E-state index in [0.29, 0.717) is 6.54 Å². The molecule has 0 spiro atoms. The third-order valence-corrected chi connectivity index (χ3v) is 5.15. The topological polar surface area (TPSA) is 61.8 Å². The van der Waals surface area contributed by atoms with Gasteiger partial charge in [-0.3, -0.25) is 9.59 Å². The molecular weight excluding hydrogens is 362 g/mol. The molecule has 0 saturated carbocycles. The molecule has 0 fully saturated rings. The summed E-state index contributed by atoms with van der Waals surface area (Å²) in [6.07, 6.45) is 3.85. The molecule has 5 heteroatoms. The fourth-order valence-corrected chi connectivity index (χ4v) is 3.67. The Labute approximate surface area is 170 Å². The van der Waals surface area contributed by atoms with Crippen molar-refractivity contribution in [2.45, 2.75) is 25.7 Å². The van der Waals surface area contributed by atoms with Crippen LogP contribution in [0.15, 0.2) is 71.8 Å². The maximum atomic E-state index is 12.6. The van der Waals surface area contributed by atoms with Crippen LogP contribution in [0.3, 0.4) is 0 Å². The highest BCUT2D eigenvalue weighted by Gasteiger charge is 2.22. The van der Waals surface area contributed by atoms with E-state index >= 15 is 0 Å². The maximum Gasteiger partial charge on any atom is 0.240 e. The third-order valence-electron chi connectivity index (χ3n) is 5.15. The van der Waals surface area contributed by atoms with Crippen LogP contribution in [0.2, 0.25) is 0 Å². The lowest BCUT2D eigenvalue weighted by molar-refractivity contribution is -0.125. The second-order valence-electron chi connectivity index (χ2n) is 7.18. The van der Waals surface area contributed by atoms with Crippen LogP contribution in [0.4, 0.5) is 5.69 Å². The largest absolute Gasteiger partial charge is 0.312 e. The minimum atomic E-state index is -0.263. The zero-order chi connectivity index (χ0) is 20.1. The van der Waals surface area contributed by atoms with E-state index in [9.17, 15) is 9.59 Å². The molecule has 1 aliphatic heterocycles. The highest BCUT2D eigenvalue weighted by molar-refractivity contribution is 5.96. The molecule has 1 aliphatic rings. The summed E-state index contributed by atoms with van der Waals surface area (Å²) < 4.78 is 0. The number of hydrogen-bond acceptors (Lipinski definition) is 3. The van der Waals surface area contributed by atoms with E-state index in [4.69, 9.17) is 0 Å². The first-order valence-electron chi connectivity index (χ1n) is 9.90. The van der Waals surface area contributed by atoms with Crippen LogP contribution in [-0.2, 0) is 16.0 Å². The molecule has 29 heavy (non-hydrogen) atoms. The molecule has 1 N–H and O–H groups in total. The average molecular weight is 385 g/mol. The SMILES string of the molecule is O=C(CCC(=O)N1CCCc2ccccc21)NN=Cc1ccc2ccccc2c1. The molecule has 1 heterocycles. The summed E-state index contributed by atoms with van der Waals surface area (Å²) in [5.41, 5.74) is 5.59. The van der Waals surface area contributed by atoms with Gasteiger partial charge in [0.1, 0.15) is 0 Å². The van der Waals surface area contributed by atoms with Gasteiger partial charge in [0, 0.05) is 25.1 Å². The quantitative estimate of drug-likeness (QED) is 0.532. The normalized spacial score (nSPS) is 13.4. The van der Waals surface area contributed by atoms with Crippen molar-refractivity contribution in [3.8, 4) is 0 Å². The molecule has 146 valence electrons. The fraction of sp³-hybridized carbons (Fsp3) is 0.208.